The van der Waals surface area contributed by atoms with Gasteiger partial charge in [0.2, 0.25) is 0 Å². The van der Waals surface area contributed by atoms with Crippen LogP contribution in [0, 0.1) is 13.8 Å². The third-order valence-electron chi connectivity index (χ3n) is 3.86. The maximum Gasteiger partial charge on any atom is 0.266 e. The van der Waals surface area contributed by atoms with Gasteiger partial charge in [-0.2, -0.15) is 5.10 Å². The quantitative estimate of drug-likeness (QED) is 0.667. The first-order valence-electron chi connectivity index (χ1n) is 8.57. The average Bonchev–Trinajstić information content (AvgIpc) is 3.20. The number of carbonyl (C=O) groups excluding carboxylic acids is 1. The van der Waals surface area contributed by atoms with E-state index in [0.717, 1.165) is 22.6 Å². The molecular formula is C20H23N3O2S. The second-order valence-electron chi connectivity index (χ2n) is 6.59. The minimum Gasteiger partial charge on any atom is -0.489 e. The van der Waals surface area contributed by atoms with Crippen LogP contribution in [-0.4, -0.2) is 15.7 Å². The molecule has 3 rings (SSSR count). The molecule has 6 heteroatoms. The van der Waals surface area contributed by atoms with Gasteiger partial charge in [-0.15, -0.1) is 11.3 Å². The summed E-state index contributed by atoms with van der Waals surface area (Å²) in [6.07, 6.45) is 0. The number of carbonyl (C=O) groups is 1. The molecular weight excluding hydrogens is 346 g/mol. The van der Waals surface area contributed by atoms with Gasteiger partial charge in [0.25, 0.3) is 5.91 Å². The van der Waals surface area contributed by atoms with Crippen LogP contribution in [0.2, 0.25) is 0 Å². The minimum absolute atomic E-state index is 0.126. The molecule has 0 aliphatic rings. The third-order valence-corrected chi connectivity index (χ3v) is 4.84. The molecule has 1 amide bonds. The van der Waals surface area contributed by atoms with E-state index in [9.17, 15) is 4.79 Å². The predicted molar refractivity (Wildman–Crippen MR) is 105 cm³/mol. The molecule has 2 heterocycles. The van der Waals surface area contributed by atoms with Gasteiger partial charge < -0.3 is 10.1 Å². The Morgan fingerprint density at radius 1 is 1.27 bits per heavy atom. The van der Waals surface area contributed by atoms with Crippen LogP contribution in [0.25, 0.3) is 0 Å². The van der Waals surface area contributed by atoms with Gasteiger partial charge in [-0.25, -0.2) is 4.68 Å². The van der Waals surface area contributed by atoms with Crippen LogP contribution in [0.1, 0.15) is 46.4 Å². The highest BCUT2D eigenvalue weighted by Gasteiger charge is 2.14. The number of aryl methyl sites for hydroxylation is 2. The van der Waals surface area contributed by atoms with E-state index in [4.69, 9.17) is 4.74 Å². The first-order valence-corrected chi connectivity index (χ1v) is 9.44. The topological polar surface area (TPSA) is 56.1 Å². The lowest BCUT2D eigenvalue weighted by atomic mass is 10.2. The fraction of sp³-hybridized carbons (Fsp3) is 0.300. The van der Waals surface area contributed by atoms with Gasteiger partial charge in [0.1, 0.15) is 18.2 Å². The SMILES string of the molecule is Cc1cccc(OCc2csc(C(=O)Nc3cc(C)nn3C(C)C)c2)c1. The van der Waals surface area contributed by atoms with Gasteiger partial charge >= 0.3 is 0 Å². The first kappa shape index (κ1) is 18.2. The van der Waals surface area contributed by atoms with Gasteiger partial charge in [-0.05, 0) is 56.8 Å². The number of hydrogen-bond acceptors (Lipinski definition) is 4. The van der Waals surface area contributed by atoms with Gasteiger partial charge in [0.05, 0.1) is 10.6 Å². The van der Waals surface area contributed by atoms with E-state index in [-0.39, 0.29) is 11.9 Å². The van der Waals surface area contributed by atoms with Gasteiger partial charge in [-0.3, -0.25) is 4.79 Å². The van der Waals surface area contributed by atoms with Crippen molar-refractivity contribution in [2.75, 3.05) is 5.32 Å². The maximum atomic E-state index is 12.5. The standard InChI is InChI=1S/C20H23N3O2S/c1-13(2)23-19(9-15(4)22-23)21-20(24)18-10-16(12-26-18)11-25-17-7-5-6-14(3)8-17/h5-10,12-13H,11H2,1-4H3,(H,21,24). The summed E-state index contributed by atoms with van der Waals surface area (Å²) < 4.78 is 7.62. The van der Waals surface area contributed by atoms with Crippen molar-refractivity contribution in [3.05, 3.63) is 63.5 Å². The number of thiophene rings is 1. The van der Waals surface area contributed by atoms with E-state index in [1.165, 1.54) is 11.3 Å². The normalized spacial score (nSPS) is 11.0. The number of nitrogens with one attached hydrogen (secondary N) is 1. The Hall–Kier alpha value is -2.60. The van der Waals surface area contributed by atoms with E-state index >= 15 is 0 Å². The molecule has 1 aromatic carbocycles. The molecule has 0 saturated heterocycles. The van der Waals surface area contributed by atoms with Crippen molar-refractivity contribution < 1.29 is 9.53 Å². The number of amides is 1. The zero-order valence-corrected chi connectivity index (χ0v) is 16.3. The van der Waals surface area contributed by atoms with Crippen LogP contribution >= 0.6 is 11.3 Å². The van der Waals surface area contributed by atoms with Crippen LogP contribution in [0.15, 0.2) is 41.8 Å². The molecule has 0 saturated carbocycles. The summed E-state index contributed by atoms with van der Waals surface area (Å²) in [5.41, 5.74) is 3.02. The first-order chi connectivity index (χ1) is 12.4. The van der Waals surface area contributed by atoms with E-state index in [1.807, 2.05) is 74.2 Å². The van der Waals surface area contributed by atoms with Crippen LogP contribution < -0.4 is 10.1 Å². The molecule has 3 aromatic rings. The lowest BCUT2D eigenvalue weighted by Crippen LogP contribution is -2.15. The molecule has 0 spiro atoms. The molecule has 1 N–H and O–H groups in total. The number of ether oxygens (including phenoxy) is 1. The molecule has 0 atom stereocenters. The number of rotatable bonds is 6. The van der Waals surface area contributed by atoms with Crippen LogP contribution in [0.3, 0.4) is 0 Å². The summed E-state index contributed by atoms with van der Waals surface area (Å²) in [6, 6.07) is 11.9. The molecule has 0 radical (unpaired) electrons. The Morgan fingerprint density at radius 2 is 2.08 bits per heavy atom. The Morgan fingerprint density at radius 3 is 2.81 bits per heavy atom. The van der Waals surface area contributed by atoms with E-state index in [0.29, 0.717) is 17.3 Å². The minimum atomic E-state index is -0.126. The van der Waals surface area contributed by atoms with Gasteiger partial charge in [-0.1, -0.05) is 12.1 Å². The Balaban J connectivity index is 1.65. The fourth-order valence-corrected chi connectivity index (χ4v) is 3.42. The summed E-state index contributed by atoms with van der Waals surface area (Å²) in [5, 5.41) is 9.33. The van der Waals surface area contributed by atoms with Crippen molar-refractivity contribution >= 4 is 23.1 Å². The van der Waals surface area contributed by atoms with Crippen LogP contribution in [-0.2, 0) is 6.61 Å². The van der Waals surface area contributed by atoms with Gasteiger partial charge in [0, 0.05) is 17.7 Å². The Labute approximate surface area is 157 Å². The Bertz CT molecular complexity index is 911. The van der Waals surface area contributed by atoms with E-state index in [1.54, 1.807) is 0 Å². The van der Waals surface area contributed by atoms with Crippen LogP contribution in [0.4, 0.5) is 5.82 Å². The molecule has 136 valence electrons. The molecule has 0 aliphatic carbocycles. The smallest absolute Gasteiger partial charge is 0.266 e. The summed E-state index contributed by atoms with van der Waals surface area (Å²) in [7, 11) is 0. The third kappa shape index (κ3) is 4.32. The molecule has 0 aliphatic heterocycles. The summed E-state index contributed by atoms with van der Waals surface area (Å²) in [4.78, 5) is 13.2. The highest BCUT2D eigenvalue weighted by molar-refractivity contribution is 7.12. The second kappa shape index (κ2) is 7.74. The number of hydrogen-bond donors (Lipinski definition) is 1. The Kier molecular flexibility index (Phi) is 5.42. The predicted octanol–water partition coefficient (Wildman–Crippen LogP) is 4.97. The highest BCUT2D eigenvalue weighted by atomic mass is 32.1. The molecule has 0 unspecified atom stereocenters. The van der Waals surface area contributed by atoms with Crippen molar-refractivity contribution in [3.8, 4) is 5.75 Å². The van der Waals surface area contributed by atoms with Crippen molar-refractivity contribution in [3.63, 3.8) is 0 Å². The van der Waals surface area contributed by atoms with Crippen molar-refractivity contribution in [1.82, 2.24) is 9.78 Å². The largest absolute Gasteiger partial charge is 0.489 e. The highest BCUT2D eigenvalue weighted by Crippen LogP contribution is 2.21. The number of anilines is 1. The second-order valence-corrected chi connectivity index (χ2v) is 7.50. The lowest BCUT2D eigenvalue weighted by Gasteiger charge is -2.11. The summed E-state index contributed by atoms with van der Waals surface area (Å²) in [5.74, 6) is 1.42. The molecule has 0 fully saturated rings. The van der Waals surface area contributed by atoms with Crippen molar-refractivity contribution in [2.45, 2.75) is 40.3 Å². The molecule has 0 bridgehead atoms. The van der Waals surface area contributed by atoms with Crippen molar-refractivity contribution in [2.24, 2.45) is 0 Å². The fourth-order valence-electron chi connectivity index (χ4n) is 2.62. The zero-order chi connectivity index (χ0) is 18.7. The molecule has 2 aromatic heterocycles. The molecule has 5 nitrogen and oxygen atoms in total. The van der Waals surface area contributed by atoms with Crippen LogP contribution in [0.5, 0.6) is 5.75 Å². The summed E-state index contributed by atoms with van der Waals surface area (Å²) in [6.45, 7) is 8.46. The van der Waals surface area contributed by atoms with Crippen molar-refractivity contribution in [1.29, 1.82) is 0 Å². The van der Waals surface area contributed by atoms with E-state index in [2.05, 4.69) is 10.4 Å². The average molecular weight is 369 g/mol. The molecule has 26 heavy (non-hydrogen) atoms. The van der Waals surface area contributed by atoms with E-state index < -0.39 is 0 Å². The number of nitrogens with zero attached hydrogens (tertiary/aromatic N) is 2. The monoisotopic (exact) mass is 369 g/mol. The number of aromatic nitrogens is 2. The number of benzene rings is 1. The lowest BCUT2D eigenvalue weighted by molar-refractivity contribution is 0.102. The zero-order valence-electron chi connectivity index (χ0n) is 15.4. The summed E-state index contributed by atoms with van der Waals surface area (Å²) >= 11 is 1.41. The van der Waals surface area contributed by atoms with Gasteiger partial charge in [0.15, 0.2) is 0 Å². The maximum absolute atomic E-state index is 12.5.